The van der Waals surface area contributed by atoms with Gasteiger partial charge in [-0.15, -0.1) is 0 Å². The molecule has 0 radical (unpaired) electrons. The molecule has 3 heteroatoms. The van der Waals surface area contributed by atoms with E-state index in [2.05, 4.69) is 22.4 Å². The minimum absolute atomic E-state index is 0.295. The van der Waals surface area contributed by atoms with Crippen molar-refractivity contribution < 1.29 is 0 Å². The molecule has 2 nitrogen and oxygen atoms in total. The Morgan fingerprint density at radius 2 is 2.19 bits per heavy atom. The summed E-state index contributed by atoms with van der Waals surface area (Å²) in [6, 6.07) is 10.4. The lowest BCUT2D eigenvalue weighted by molar-refractivity contribution is 0.818. The van der Waals surface area contributed by atoms with Gasteiger partial charge < -0.3 is 5.32 Å². The number of rotatable bonds is 1. The van der Waals surface area contributed by atoms with Crippen molar-refractivity contribution in [3.8, 4) is 0 Å². The maximum absolute atomic E-state index is 6.14. The van der Waals surface area contributed by atoms with Gasteiger partial charge in [-0.3, -0.25) is 4.98 Å². The molecule has 2 heterocycles. The molecule has 0 saturated carbocycles. The molecular weight excluding hydrogens is 220 g/mol. The summed E-state index contributed by atoms with van der Waals surface area (Å²) in [5, 5.41) is 4.24. The summed E-state index contributed by atoms with van der Waals surface area (Å²) in [6.45, 7) is 0. The monoisotopic (exact) mass is 230 g/mol. The molecule has 0 amide bonds. The van der Waals surface area contributed by atoms with Crippen LogP contribution in [0.2, 0.25) is 5.02 Å². The van der Waals surface area contributed by atoms with Crippen LogP contribution in [0.25, 0.3) is 0 Å². The minimum atomic E-state index is 0.295. The third-order valence-electron chi connectivity index (χ3n) is 2.93. The lowest BCUT2D eigenvalue weighted by Crippen LogP contribution is -2.05. The molecule has 16 heavy (non-hydrogen) atoms. The van der Waals surface area contributed by atoms with Gasteiger partial charge in [0.15, 0.2) is 0 Å². The highest BCUT2D eigenvalue weighted by atomic mass is 35.5. The largest absolute Gasteiger partial charge is 0.376 e. The van der Waals surface area contributed by atoms with Gasteiger partial charge in [0.2, 0.25) is 0 Å². The molecule has 0 fully saturated rings. The van der Waals surface area contributed by atoms with Crippen molar-refractivity contribution in [1.29, 1.82) is 0 Å². The Kier molecular flexibility index (Phi) is 2.29. The number of anilines is 1. The molecular formula is C13H11ClN2. The number of hydrogen-bond donors (Lipinski definition) is 1. The number of fused-ring (bicyclic) bond motifs is 1. The molecule has 3 rings (SSSR count). The number of nitrogens with one attached hydrogen (secondary N) is 1. The Morgan fingerprint density at radius 1 is 1.25 bits per heavy atom. The predicted molar refractivity (Wildman–Crippen MR) is 65.8 cm³/mol. The molecule has 1 aliphatic heterocycles. The Balaban J connectivity index is 1.94. The van der Waals surface area contributed by atoms with Gasteiger partial charge in [-0.1, -0.05) is 29.8 Å². The quantitative estimate of drug-likeness (QED) is 0.812. The third kappa shape index (κ3) is 1.55. The number of para-hydroxylation sites is 1. The highest BCUT2D eigenvalue weighted by molar-refractivity contribution is 6.33. The Morgan fingerprint density at radius 3 is 2.94 bits per heavy atom. The van der Waals surface area contributed by atoms with Crippen LogP contribution in [-0.2, 0) is 6.42 Å². The predicted octanol–water partition coefficient (Wildman–Crippen LogP) is 3.44. The molecule has 80 valence electrons. The maximum Gasteiger partial charge on any atom is 0.0640 e. The molecule has 1 N–H and O–H groups in total. The number of hydrogen-bond acceptors (Lipinski definition) is 2. The summed E-state index contributed by atoms with van der Waals surface area (Å²) in [4.78, 5) is 4.14. The standard InChI is InChI=1S/C13H11ClN2/c14-11-5-1-3-9-7-12(16-13(9)11)10-4-2-6-15-8-10/h1-6,8,12,16H,7H2. The van der Waals surface area contributed by atoms with E-state index >= 15 is 0 Å². The van der Waals surface area contributed by atoms with Gasteiger partial charge in [-0.05, 0) is 29.7 Å². The molecule has 2 aromatic rings. The number of pyridine rings is 1. The molecule has 1 unspecified atom stereocenters. The average molecular weight is 231 g/mol. The van der Waals surface area contributed by atoms with Crippen molar-refractivity contribution in [3.05, 3.63) is 58.9 Å². The van der Waals surface area contributed by atoms with E-state index in [-0.39, 0.29) is 0 Å². The van der Waals surface area contributed by atoms with Crippen LogP contribution in [0.15, 0.2) is 42.7 Å². The highest BCUT2D eigenvalue weighted by Crippen LogP contribution is 2.38. The van der Waals surface area contributed by atoms with E-state index in [9.17, 15) is 0 Å². The summed E-state index contributed by atoms with van der Waals surface area (Å²) >= 11 is 6.14. The Labute approximate surface area is 99.3 Å². The van der Waals surface area contributed by atoms with Crippen LogP contribution in [0.4, 0.5) is 5.69 Å². The number of halogens is 1. The topological polar surface area (TPSA) is 24.9 Å². The first-order valence-corrected chi connectivity index (χ1v) is 5.66. The summed E-state index contributed by atoms with van der Waals surface area (Å²) in [5.74, 6) is 0. The van der Waals surface area contributed by atoms with Crippen molar-refractivity contribution in [1.82, 2.24) is 4.98 Å². The molecule has 1 aromatic heterocycles. The van der Waals surface area contributed by atoms with E-state index in [0.29, 0.717) is 6.04 Å². The molecule has 1 aliphatic rings. The number of nitrogens with zero attached hydrogens (tertiary/aromatic N) is 1. The third-order valence-corrected chi connectivity index (χ3v) is 3.24. The van der Waals surface area contributed by atoms with Crippen molar-refractivity contribution in [2.45, 2.75) is 12.5 Å². The van der Waals surface area contributed by atoms with Gasteiger partial charge in [0.05, 0.1) is 16.8 Å². The van der Waals surface area contributed by atoms with E-state index in [0.717, 1.165) is 17.1 Å². The van der Waals surface area contributed by atoms with Crippen molar-refractivity contribution in [2.75, 3.05) is 5.32 Å². The van der Waals surface area contributed by atoms with Crippen LogP contribution in [-0.4, -0.2) is 4.98 Å². The minimum Gasteiger partial charge on any atom is -0.376 e. The van der Waals surface area contributed by atoms with Crippen LogP contribution in [0.3, 0.4) is 0 Å². The molecule has 0 bridgehead atoms. The Hall–Kier alpha value is -1.54. The van der Waals surface area contributed by atoms with E-state index in [1.54, 1.807) is 6.20 Å². The Bertz CT molecular complexity index is 511. The highest BCUT2D eigenvalue weighted by Gasteiger charge is 2.23. The normalized spacial score (nSPS) is 17.9. The van der Waals surface area contributed by atoms with Crippen molar-refractivity contribution in [2.24, 2.45) is 0 Å². The van der Waals surface area contributed by atoms with Gasteiger partial charge in [0.25, 0.3) is 0 Å². The lowest BCUT2D eigenvalue weighted by Gasteiger charge is -2.10. The zero-order valence-corrected chi connectivity index (χ0v) is 9.41. The number of aromatic nitrogens is 1. The number of benzene rings is 1. The van der Waals surface area contributed by atoms with Crippen LogP contribution in [0.1, 0.15) is 17.2 Å². The first-order chi connectivity index (χ1) is 7.84. The van der Waals surface area contributed by atoms with E-state index < -0.39 is 0 Å². The van der Waals surface area contributed by atoms with Gasteiger partial charge >= 0.3 is 0 Å². The first kappa shape index (κ1) is 9.67. The molecule has 1 atom stereocenters. The van der Waals surface area contributed by atoms with Crippen LogP contribution in [0, 0.1) is 0 Å². The van der Waals surface area contributed by atoms with Gasteiger partial charge in [0.1, 0.15) is 0 Å². The average Bonchev–Trinajstić information content (AvgIpc) is 2.76. The zero-order valence-electron chi connectivity index (χ0n) is 8.65. The van der Waals surface area contributed by atoms with Crippen LogP contribution >= 0.6 is 11.6 Å². The SMILES string of the molecule is Clc1cccc2c1NC(c1cccnc1)C2. The zero-order chi connectivity index (χ0) is 11.0. The van der Waals surface area contributed by atoms with Crippen molar-refractivity contribution in [3.63, 3.8) is 0 Å². The maximum atomic E-state index is 6.14. The fraction of sp³-hybridized carbons (Fsp3) is 0.154. The second kappa shape index (κ2) is 3.80. The lowest BCUT2D eigenvalue weighted by atomic mass is 10.1. The molecule has 0 aliphatic carbocycles. The summed E-state index contributed by atoms with van der Waals surface area (Å²) in [5.41, 5.74) is 3.55. The van der Waals surface area contributed by atoms with Crippen molar-refractivity contribution >= 4 is 17.3 Å². The van der Waals surface area contributed by atoms with E-state index in [1.165, 1.54) is 11.1 Å². The van der Waals surface area contributed by atoms with E-state index in [1.807, 2.05) is 24.4 Å². The van der Waals surface area contributed by atoms with Gasteiger partial charge in [-0.25, -0.2) is 0 Å². The molecule has 0 spiro atoms. The smallest absolute Gasteiger partial charge is 0.0640 e. The summed E-state index contributed by atoms with van der Waals surface area (Å²) in [6.07, 6.45) is 4.66. The van der Waals surface area contributed by atoms with Gasteiger partial charge in [-0.2, -0.15) is 0 Å². The van der Waals surface area contributed by atoms with Gasteiger partial charge in [0, 0.05) is 12.4 Å². The molecule has 0 saturated heterocycles. The first-order valence-electron chi connectivity index (χ1n) is 5.28. The second-order valence-electron chi connectivity index (χ2n) is 3.96. The molecule has 1 aromatic carbocycles. The summed E-state index contributed by atoms with van der Waals surface area (Å²) in [7, 11) is 0. The fourth-order valence-electron chi connectivity index (χ4n) is 2.13. The van der Waals surface area contributed by atoms with E-state index in [4.69, 9.17) is 11.6 Å². The summed E-state index contributed by atoms with van der Waals surface area (Å²) < 4.78 is 0. The van der Waals surface area contributed by atoms with Crippen LogP contribution < -0.4 is 5.32 Å². The second-order valence-corrected chi connectivity index (χ2v) is 4.37. The van der Waals surface area contributed by atoms with Crippen LogP contribution in [0.5, 0.6) is 0 Å². The fourth-order valence-corrected chi connectivity index (χ4v) is 2.38.